The van der Waals surface area contributed by atoms with E-state index in [9.17, 15) is 9.18 Å². The summed E-state index contributed by atoms with van der Waals surface area (Å²) in [5.41, 5.74) is 0.652. The molecule has 5 heteroatoms. The van der Waals surface area contributed by atoms with Crippen molar-refractivity contribution in [2.24, 2.45) is 0 Å². The average molecular weight is 367 g/mol. The first kappa shape index (κ1) is 14.6. The summed E-state index contributed by atoms with van der Waals surface area (Å²) in [6, 6.07) is 12.2. The second-order valence-corrected chi connectivity index (χ2v) is 6.76. The first-order chi connectivity index (χ1) is 10.1. The van der Waals surface area contributed by atoms with Gasteiger partial charge in [-0.3, -0.25) is 4.79 Å². The number of carbonyl (C=O) groups is 1. The van der Waals surface area contributed by atoms with E-state index in [2.05, 4.69) is 15.9 Å². The average Bonchev–Trinajstić information content (AvgIpc) is 2.45. The van der Waals surface area contributed by atoms with Gasteiger partial charge in [0.25, 0.3) is 0 Å². The number of carbonyl (C=O) groups excluding carboxylic acids is 1. The molecule has 0 amide bonds. The largest absolute Gasteiger partial charge is 0.481 e. The van der Waals surface area contributed by atoms with Crippen LogP contribution in [0, 0.1) is 5.82 Å². The van der Waals surface area contributed by atoms with E-state index >= 15 is 0 Å². The maximum absolute atomic E-state index is 13.3. The standard InChI is InChI=1S/C16H12BrFO2S/c17-11-5-10(6-12(18)8-11)7-13(19)15-9-21-16-4-2-1-3-14(16)20-15/h1-6,8,15H,7,9H2. The number of halogens is 2. The number of Topliss-reactive ketones (excluding diaryl/α,β-unsaturated/α-hetero) is 1. The van der Waals surface area contributed by atoms with Crippen molar-refractivity contribution in [3.8, 4) is 5.75 Å². The van der Waals surface area contributed by atoms with Crippen LogP contribution in [0.1, 0.15) is 5.56 Å². The molecule has 0 fully saturated rings. The van der Waals surface area contributed by atoms with Crippen LogP contribution < -0.4 is 4.74 Å². The molecule has 0 saturated heterocycles. The van der Waals surface area contributed by atoms with E-state index in [4.69, 9.17) is 4.74 Å². The van der Waals surface area contributed by atoms with Crippen LogP contribution in [0.3, 0.4) is 0 Å². The van der Waals surface area contributed by atoms with Crippen molar-refractivity contribution >= 4 is 33.5 Å². The highest BCUT2D eigenvalue weighted by Crippen LogP contribution is 2.35. The van der Waals surface area contributed by atoms with Crippen LogP contribution in [0.2, 0.25) is 0 Å². The van der Waals surface area contributed by atoms with Crippen molar-refractivity contribution < 1.29 is 13.9 Å². The first-order valence-electron chi connectivity index (χ1n) is 6.48. The molecule has 0 bridgehead atoms. The van der Waals surface area contributed by atoms with Crippen molar-refractivity contribution in [2.75, 3.05) is 5.75 Å². The number of fused-ring (bicyclic) bond motifs is 1. The maximum atomic E-state index is 13.3. The van der Waals surface area contributed by atoms with Crippen LogP contribution >= 0.6 is 27.7 Å². The number of ether oxygens (including phenoxy) is 1. The van der Waals surface area contributed by atoms with Gasteiger partial charge in [0.2, 0.25) is 0 Å². The van der Waals surface area contributed by atoms with E-state index in [0.29, 0.717) is 15.8 Å². The zero-order valence-corrected chi connectivity index (χ0v) is 13.4. The molecule has 21 heavy (non-hydrogen) atoms. The van der Waals surface area contributed by atoms with Crippen LogP contribution in [0.25, 0.3) is 0 Å². The Kier molecular flexibility index (Phi) is 4.31. The lowest BCUT2D eigenvalue weighted by molar-refractivity contribution is -0.124. The van der Waals surface area contributed by atoms with Crippen LogP contribution in [-0.4, -0.2) is 17.6 Å². The zero-order valence-electron chi connectivity index (χ0n) is 11.0. The molecule has 0 spiro atoms. The number of benzene rings is 2. The topological polar surface area (TPSA) is 26.3 Å². The van der Waals surface area contributed by atoms with Crippen molar-refractivity contribution in [3.05, 3.63) is 58.3 Å². The quantitative estimate of drug-likeness (QED) is 0.811. The van der Waals surface area contributed by atoms with E-state index in [1.807, 2.05) is 24.3 Å². The predicted molar refractivity (Wildman–Crippen MR) is 84.4 cm³/mol. The molecule has 0 aliphatic carbocycles. The van der Waals surface area contributed by atoms with Crippen molar-refractivity contribution in [1.82, 2.24) is 0 Å². The van der Waals surface area contributed by atoms with Crippen LogP contribution in [0.5, 0.6) is 5.75 Å². The van der Waals surface area contributed by atoms with Crippen LogP contribution in [0.4, 0.5) is 4.39 Å². The number of hydrogen-bond acceptors (Lipinski definition) is 3. The summed E-state index contributed by atoms with van der Waals surface area (Å²) in [7, 11) is 0. The Hall–Kier alpha value is -1.33. The van der Waals surface area contributed by atoms with Gasteiger partial charge in [0.1, 0.15) is 11.6 Å². The highest BCUT2D eigenvalue weighted by atomic mass is 79.9. The third-order valence-corrected chi connectivity index (χ3v) is 4.74. The number of ketones is 1. The van der Waals surface area contributed by atoms with Crippen LogP contribution in [0.15, 0.2) is 51.8 Å². The van der Waals surface area contributed by atoms with E-state index in [1.54, 1.807) is 17.8 Å². The van der Waals surface area contributed by atoms with Gasteiger partial charge in [0.05, 0.1) is 0 Å². The molecular weight excluding hydrogens is 355 g/mol. The van der Waals surface area contributed by atoms with Gasteiger partial charge in [-0.1, -0.05) is 28.1 Å². The Morgan fingerprint density at radius 1 is 1.33 bits per heavy atom. The Morgan fingerprint density at radius 3 is 2.95 bits per heavy atom. The molecule has 1 heterocycles. The van der Waals surface area contributed by atoms with Gasteiger partial charge in [-0.25, -0.2) is 4.39 Å². The highest BCUT2D eigenvalue weighted by Gasteiger charge is 2.26. The number of hydrogen-bond donors (Lipinski definition) is 0. The van der Waals surface area contributed by atoms with E-state index in [0.717, 1.165) is 10.6 Å². The zero-order chi connectivity index (χ0) is 14.8. The van der Waals surface area contributed by atoms with Gasteiger partial charge in [-0.2, -0.15) is 0 Å². The summed E-state index contributed by atoms with van der Waals surface area (Å²) < 4.78 is 19.7. The molecule has 3 rings (SSSR count). The molecule has 0 N–H and O–H groups in total. The van der Waals surface area contributed by atoms with Gasteiger partial charge in [-0.15, -0.1) is 11.8 Å². The number of para-hydroxylation sites is 1. The van der Waals surface area contributed by atoms with Gasteiger partial charge in [-0.05, 0) is 35.9 Å². The molecule has 0 saturated carbocycles. The SMILES string of the molecule is O=C(Cc1cc(F)cc(Br)c1)C1CSc2ccccc2O1. The molecule has 2 nitrogen and oxygen atoms in total. The second kappa shape index (κ2) is 6.20. The lowest BCUT2D eigenvalue weighted by Gasteiger charge is -2.24. The Bertz CT molecular complexity index is 669. The van der Waals surface area contributed by atoms with Gasteiger partial charge in [0, 0.05) is 21.5 Å². The maximum Gasteiger partial charge on any atom is 0.178 e. The lowest BCUT2D eigenvalue weighted by atomic mass is 10.1. The van der Waals surface area contributed by atoms with Crippen molar-refractivity contribution in [3.63, 3.8) is 0 Å². The molecule has 0 radical (unpaired) electrons. The molecule has 108 valence electrons. The molecule has 1 unspecified atom stereocenters. The molecule has 1 aliphatic rings. The molecular formula is C16H12BrFO2S. The third kappa shape index (κ3) is 3.47. The monoisotopic (exact) mass is 366 g/mol. The summed E-state index contributed by atoms with van der Waals surface area (Å²) in [4.78, 5) is 13.4. The molecule has 1 atom stereocenters. The lowest BCUT2D eigenvalue weighted by Crippen LogP contribution is -2.33. The van der Waals surface area contributed by atoms with Gasteiger partial charge >= 0.3 is 0 Å². The Labute approximate surface area is 134 Å². The normalized spacial score (nSPS) is 17.0. The Balaban J connectivity index is 1.72. The number of thioether (sulfide) groups is 1. The highest BCUT2D eigenvalue weighted by molar-refractivity contribution is 9.10. The third-order valence-electron chi connectivity index (χ3n) is 3.17. The smallest absolute Gasteiger partial charge is 0.178 e. The summed E-state index contributed by atoms with van der Waals surface area (Å²) in [6.45, 7) is 0. The minimum absolute atomic E-state index is 0.0329. The fraction of sp³-hybridized carbons (Fsp3) is 0.188. The summed E-state index contributed by atoms with van der Waals surface area (Å²) in [5, 5.41) is 0. The summed E-state index contributed by atoms with van der Waals surface area (Å²) in [6.07, 6.45) is -0.309. The minimum atomic E-state index is -0.480. The summed E-state index contributed by atoms with van der Waals surface area (Å²) >= 11 is 4.85. The fourth-order valence-corrected chi connectivity index (χ4v) is 3.74. The van der Waals surface area contributed by atoms with Crippen LogP contribution in [-0.2, 0) is 11.2 Å². The van der Waals surface area contributed by atoms with E-state index in [-0.39, 0.29) is 18.0 Å². The van der Waals surface area contributed by atoms with E-state index in [1.165, 1.54) is 12.1 Å². The van der Waals surface area contributed by atoms with Gasteiger partial charge < -0.3 is 4.74 Å². The molecule has 2 aromatic rings. The Morgan fingerprint density at radius 2 is 2.14 bits per heavy atom. The summed E-state index contributed by atoms with van der Waals surface area (Å²) in [5.74, 6) is 0.949. The number of rotatable bonds is 3. The second-order valence-electron chi connectivity index (χ2n) is 4.79. The van der Waals surface area contributed by atoms with Crippen molar-refractivity contribution in [1.29, 1.82) is 0 Å². The molecule has 2 aromatic carbocycles. The van der Waals surface area contributed by atoms with Crippen molar-refractivity contribution in [2.45, 2.75) is 17.4 Å². The molecule has 1 aliphatic heterocycles. The van der Waals surface area contributed by atoms with Gasteiger partial charge in [0.15, 0.2) is 11.9 Å². The minimum Gasteiger partial charge on any atom is -0.481 e. The first-order valence-corrected chi connectivity index (χ1v) is 8.26. The van der Waals surface area contributed by atoms with E-state index < -0.39 is 6.10 Å². The fourth-order valence-electron chi connectivity index (χ4n) is 2.21. The predicted octanol–water partition coefficient (Wildman–Crippen LogP) is 4.25. The molecule has 0 aromatic heterocycles.